The summed E-state index contributed by atoms with van der Waals surface area (Å²) in [6, 6.07) is 46.7. The van der Waals surface area contributed by atoms with Crippen LogP contribution in [0.4, 0.5) is 10.5 Å². The second-order valence-corrected chi connectivity index (χ2v) is 9.33. The fraction of sp³-hybridized carbons (Fsp3) is 0.0588. The van der Waals surface area contributed by atoms with Crippen molar-refractivity contribution in [3.63, 3.8) is 0 Å². The van der Waals surface area contributed by atoms with Crippen molar-refractivity contribution in [2.75, 3.05) is 5.32 Å². The van der Waals surface area contributed by atoms with Crippen LogP contribution in [0, 0.1) is 0 Å². The Hall–Kier alpha value is -5.16. The first kappa shape index (κ1) is 24.2. The largest absolute Gasteiger partial charge is 0.444 e. The smallest absolute Gasteiger partial charge is 0.411 e. The Labute approximate surface area is 227 Å². The normalized spacial score (nSPS) is 11.3. The van der Waals surface area contributed by atoms with Gasteiger partial charge in [0.1, 0.15) is 12.1 Å². The molecular weight excluding hydrogens is 482 g/mol. The Bertz CT molecular complexity index is 1590. The molecule has 1 amide bonds. The van der Waals surface area contributed by atoms with Crippen LogP contribution < -0.4 is 5.32 Å². The van der Waals surface area contributed by atoms with Crippen molar-refractivity contribution in [3.8, 4) is 0 Å². The molecule has 0 aliphatic rings. The van der Waals surface area contributed by atoms with E-state index >= 15 is 0 Å². The molecule has 0 spiro atoms. The zero-order valence-electron chi connectivity index (χ0n) is 21.3. The van der Waals surface area contributed by atoms with E-state index in [0.29, 0.717) is 5.69 Å². The Kier molecular flexibility index (Phi) is 6.62. The van der Waals surface area contributed by atoms with Gasteiger partial charge in [-0.1, -0.05) is 121 Å². The Morgan fingerprint density at radius 2 is 1.21 bits per heavy atom. The molecule has 1 heterocycles. The summed E-state index contributed by atoms with van der Waals surface area (Å²) < 4.78 is 7.49. The maximum Gasteiger partial charge on any atom is 0.411 e. The summed E-state index contributed by atoms with van der Waals surface area (Å²) in [5, 5.41) is 8.72. The molecule has 0 bridgehead atoms. The molecule has 0 fully saturated rings. The number of anilines is 1. The molecule has 5 nitrogen and oxygen atoms in total. The molecule has 0 saturated heterocycles. The van der Waals surface area contributed by atoms with E-state index in [1.165, 1.54) is 0 Å². The van der Waals surface area contributed by atoms with Crippen molar-refractivity contribution in [1.82, 2.24) is 9.78 Å². The van der Waals surface area contributed by atoms with Crippen molar-refractivity contribution in [3.05, 3.63) is 168 Å². The summed E-state index contributed by atoms with van der Waals surface area (Å²) in [5.41, 5.74) is 5.09. The molecule has 6 aromatic rings. The second-order valence-electron chi connectivity index (χ2n) is 9.33. The van der Waals surface area contributed by atoms with Gasteiger partial charge in [0.2, 0.25) is 0 Å². The number of aromatic nitrogens is 2. The molecule has 5 aromatic carbocycles. The summed E-state index contributed by atoms with van der Waals surface area (Å²) >= 11 is 0. The van der Waals surface area contributed by atoms with E-state index in [1.54, 1.807) is 0 Å². The van der Waals surface area contributed by atoms with Crippen LogP contribution in [-0.4, -0.2) is 15.9 Å². The summed E-state index contributed by atoms with van der Waals surface area (Å²) in [4.78, 5) is 12.5. The van der Waals surface area contributed by atoms with Gasteiger partial charge in [0, 0.05) is 11.1 Å². The third-order valence-corrected chi connectivity index (χ3v) is 6.92. The highest BCUT2D eigenvalue weighted by molar-refractivity contribution is 5.90. The van der Waals surface area contributed by atoms with Gasteiger partial charge in [-0.2, -0.15) is 5.10 Å². The minimum absolute atomic E-state index is 0.209. The molecule has 0 radical (unpaired) electrons. The highest BCUT2D eigenvalue weighted by Crippen LogP contribution is 2.42. The zero-order chi connectivity index (χ0) is 26.5. The maximum atomic E-state index is 12.5. The lowest BCUT2D eigenvalue weighted by Gasteiger charge is -2.37. The topological polar surface area (TPSA) is 56.2 Å². The van der Waals surface area contributed by atoms with Gasteiger partial charge in [-0.3, -0.25) is 5.32 Å². The molecule has 0 saturated carbocycles. The number of benzene rings is 5. The van der Waals surface area contributed by atoms with Crippen molar-refractivity contribution < 1.29 is 9.53 Å². The summed E-state index contributed by atoms with van der Waals surface area (Å²) in [5.74, 6) is 0. The van der Waals surface area contributed by atoms with Gasteiger partial charge in [0.05, 0.1) is 11.7 Å². The van der Waals surface area contributed by atoms with E-state index in [1.807, 2.05) is 72.9 Å². The molecule has 0 atom stereocenters. The van der Waals surface area contributed by atoms with E-state index in [4.69, 9.17) is 9.84 Å². The van der Waals surface area contributed by atoms with Crippen molar-refractivity contribution >= 4 is 22.7 Å². The molecule has 5 heteroatoms. The van der Waals surface area contributed by atoms with Gasteiger partial charge in [0.25, 0.3) is 0 Å². The van der Waals surface area contributed by atoms with Crippen LogP contribution in [0.3, 0.4) is 0 Å². The molecule has 0 aliphatic heterocycles. The fourth-order valence-corrected chi connectivity index (χ4v) is 5.16. The summed E-state index contributed by atoms with van der Waals surface area (Å²) in [7, 11) is 0. The Morgan fingerprint density at radius 3 is 1.74 bits per heavy atom. The standard InChI is InChI=1S/C34H27N3O2/c38-33(39-25-26-13-5-1-6-14-26)36-31-21-22-32-27(23-31)24-35-37(32)34(28-15-7-2-8-16-28,29-17-9-3-10-18-29)30-19-11-4-12-20-30/h1-24H,25H2,(H,36,38). The number of hydrogen-bond donors (Lipinski definition) is 1. The number of rotatable bonds is 7. The van der Waals surface area contributed by atoms with E-state index in [9.17, 15) is 4.79 Å². The number of nitrogens with zero attached hydrogens (tertiary/aromatic N) is 2. The molecule has 1 aromatic heterocycles. The lowest BCUT2D eigenvalue weighted by atomic mass is 9.77. The molecule has 39 heavy (non-hydrogen) atoms. The van der Waals surface area contributed by atoms with Crippen LogP contribution >= 0.6 is 0 Å². The van der Waals surface area contributed by atoms with Crippen LogP contribution in [-0.2, 0) is 16.9 Å². The fourth-order valence-electron chi connectivity index (χ4n) is 5.16. The summed E-state index contributed by atoms with van der Waals surface area (Å²) in [6.45, 7) is 0.209. The first-order chi connectivity index (χ1) is 19.2. The molecule has 6 rings (SSSR count). The highest BCUT2D eigenvalue weighted by Gasteiger charge is 2.40. The van der Waals surface area contributed by atoms with Crippen LogP contribution in [0.15, 0.2) is 146 Å². The first-order valence-electron chi connectivity index (χ1n) is 12.9. The lowest BCUT2D eigenvalue weighted by Crippen LogP contribution is -2.38. The minimum atomic E-state index is -0.713. The molecule has 0 aliphatic carbocycles. The number of carbonyl (C=O) groups is 1. The zero-order valence-corrected chi connectivity index (χ0v) is 21.3. The Balaban J connectivity index is 1.42. The monoisotopic (exact) mass is 509 g/mol. The number of amides is 1. The van der Waals surface area contributed by atoms with Gasteiger partial charge >= 0.3 is 6.09 Å². The van der Waals surface area contributed by atoms with Crippen LogP contribution in [0.1, 0.15) is 22.3 Å². The van der Waals surface area contributed by atoms with E-state index in [2.05, 4.69) is 82.8 Å². The lowest BCUT2D eigenvalue weighted by molar-refractivity contribution is 0.155. The molecule has 190 valence electrons. The molecule has 1 N–H and O–H groups in total. The van der Waals surface area contributed by atoms with Crippen LogP contribution in [0.2, 0.25) is 0 Å². The van der Waals surface area contributed by atoms with Crippen LogP contribution in [0.5, 0.6) is 0 Å². The predicted molar refractivity (Wildman–Crippen MR) is 155 cm³/mol. The van der Waals surface area contributed by atoms with Crippen LogP contribution in [0.25, 0.3) is 10.9 Å². The third-order valence-electron chi connectivity index (χ3n) is 6.92. The predicted octanol–water partition coefficient (Wildman–Crippen LogP) is 7.63. The average Bonchev–Trinajstić information content (AvgIpc) is 3.42. The van der Waals surface area contributed by atoms with E-state index < -0.39 is 11.6 Å². The third kappa shape index (κ3) is 4.66. The number of hydrogen-bond acceptors (Lipinski definition) is 3. The van der Waals surface area contributed by atoms with E-state index in [0.717, 1.165) is 33.2 Å². The van der Waals surface area contributed by atoms with Gasteiger partial charge in [-0.05, 0) is 40.5 Å². The van der Waals surface area contributed by atoms with Gasteiger partial charge in [-0.15, -0.1) is 0 Å². The van der Waals surface area contributed by atoms with Crippen molar-refractivity contribution in [2.45, 2.75) is 12.1 Å². The number of nitrogens with one attached hydrogen (secondary N) is 1. The van der Waals surface area contributed by atoms with Gasteiger partial charge < -0.3 is 4.74 Å². The quantitative estimate of drug-likeness (QED) is 0.225. The average molecular weight is 510 g/mol. The van der Waals surface area contributed by atoms with E-state index in [-0.39, 0.29) is 6.61 Å². The number of fused-ring (bicyclic) bond motifs is 1. The maximum absolute atomic E-state index is 12.5. The van der Waals surface area contributed by atoms with Crippen molar-refractivity contribution in [2.24, 2.45) is 0 Å². The minimum Gasteiger partial charge on any atom is -0.444 e. The number of carbonyl (C=O) groups excluding carboxylic acids is 1. The van der Waals surface area contributed by atoms with Crippen molar-refractivity contribution in [1.29, 1.82) is 0 Å². The SMILES string of the molecule is O=C(Nc1ccc2c(cnn2C(c2ccccc2)(c2ccccc2)c2ccccc2)c1)OCc1ccccc1. The molecule has 0 unspecified atom stereocenters. The van der Waals surface area contributed by atoms with Gasteiger partial charge in [-0.25, -0.2) is 9.48 Å². The van der Waals surface area contributed by atoms with Gasteiger partial charge in [0.15, 0.2) is 0 Å². The summed E-state index contributed by atoms with van der Waals surface area (Å²) in [6.07, 6.45) is 1.34. The number of ether oxygens (including phenoxy) is 1. The second kappa shape index (κ2) is 10.7. The Morgan fingerprint density at radius 1 is 0.692 bits per heavy atom. The molecular formula is C34H27N3O2. The first-order valence-corrected chi connectivity index (χ1v) is 12.9. The highest BCUT2D eigenvalue weighted by atomic mass is 16.5.